The maximum absolute atomic E-state index is 13.6. The van der Waals surface area contributed by atoms with E-state index in [0.717, 1.165) is 6.07 Å². The van der Waals surface area contributed by atoms with E-state index in [0.29, 0.717) is 49.2 Å². The molecule has 35 heavy (non-hydrogen) atoms. The molecule has 1 aliphatic heterocycles. The number of benzene rings is 2. The normalized spacial score (nSPS) is 27.3. The molecule has 3 saturated carbocycles. The molecular formula is C25H26ClFN2O6. The fourth-order valence-electron chi connectivity index (χ4n) is 5.88. The van der Waals surface area contributed by atoms with E-state index in [1.165, 1.54) is 12.1 Å². The van der Waals surface area contributed by atoms with Gasteiger partial charge in [0.05, 0.1) is 17.0 Å². The highest BCUT2D eigenvalue weighted by Crippen LogP contribution is 2.59. The van der Waals surface area contributed by atoms with Gasteiger partial charge in [-0.1, -0.05) is 17.7 Å². The number of carbonyl (C=O) groups is 2. The summed E-state index contributed by atoms with van der Waals surface area (Å²) in [6.07, 6.45) is 1.64. The predicted molar refractivity (Wildman–Crippen MR) is 124 cm³/mol. The zero-order chi connectivity index (χ0) is 24.8. The largest absolute Gasteiger partial charge is 0.484 e. The van der Waals surface area contributed by atoms with Gasteiger partial charge in [-0.15, -0.1) is 0 Å². The van der Waals surface area contributed by atoms with Crippen LogP contribution < -0.4 is 25.3 Å². The first kappa shape index (κ1) is 23.7. The summed E-state index contributed by atoms with van der Waals surface area (Å²) < 4.78 is 29.8. The summed E-state index contributed by atoms with van der Waals surface area (Å²) in [4.78, 5) is 25.3. The molecule has 10 heteroatoms. The molecule has 1 heterocycles. The Labute approximate surface area is 206 Å². The van der Waals surface area contributed by atoms with Gasteiger partial charge in [-0.2, -0.15) is 0 Å². The highest BCUT2D eigenvalue weighted by Gasteiger charge is 2.59. The van der Waals surface area contributed by atoms with Gasteiger partial charge in [-0.05, 0) is 61.9 Å². The smallest absolute Gasteiger partial charge is 0.258 e. The number of nitrogens with one attached hydrogen (secondary N) is 1. The Bertz CT molecular complexity index is 1170. The van der Waals surface area contributed by atoms with E-state index in [1.807, 2.05) is 0 Å². The number of rotatable bonds is 7. The van der Waals surface area contributed by atoms with Crippen molar-refractivity contribution >= 4 is 23.4 Å². The van der Waals surface area contributed by atoms with Gasteiger partial charge in [0.25, 0.3) is 5.91 Å². The van der Waals surface area contributed by atoms with Crippen LogP contribution in [-0.2, 0) is 9.59 Å². The number of nitrogens with two attached hydrogens (primary N) is 1. The Hall–Kier alpha value is -3.04. The van der Waals surface area contributed by atoms with E-state index in [9.17, 15) is 19.1 Å². The molecule has 3 fully saturated rings. The third-order valence-electron chi connectivity index (χ3n) is 7.64. The second kappa shape index (κ2) is 8.87. The Balaban J connectivity index is 1.28. The lowest BCUT2D eigenvalue weighted by atomic mass is 9.50. The quantitative estimate of drug-likeness (QED) is 0.533. The van der Waals surface area contributed by atoms with E-state index >= 15 is 0 Å². The highest BCUT2D eigenvalue weighted by molar-refractivity contribution is 6.30. The summed E-state index contributed by atoms with van der Waals surface area (Å²) >= 11 is 5.67. The Morgan fingerprint density at radius 2 is 1.91 bits per heavy atom. The van der Waals surface area contributed by atoms with Crippen LogP contribution >= 0.6 is 11.6 Å². The van der Waals surface area contributed by atoms with Crippen molar-refractivity contribution in [2.24, 2.45) is 11.1 Å². The number of halogens is 2. The number of ether oxygens (including phenoxy) is 3. The first-order chi connectivity index (χ1) is 16.7. The number of hydrogen-bond donors (Lipinski definition) is 3. The Kier molecular flexibility index (Phi) is 6.01. The molecule has 2 unspecified atom stereocenters. The van der Waals surface area contributed by atoms with E-state index < -0.39 is 34.7 Å². The molecule has 0 aromatic heterocycles. The van der Waals surface area contributed by atoms with Crippen molar-refractivity contribution in [3.8, 4) is 17.2 Å². The monoisotopic (exact) mass is 504 g/mol. The van der Waals surface area contributed by atoms with Gasteiger partial charge in [-0.3, -0.25) is 9.59 Å². The van der Waals surface area contributed by atoms with Crippen LogP contribution in [0, 0.1) is 11.2 Å². The molecule has 3 aliphatic carbocycles. The van der Waals surface area contributed by atoms with Crippen LogP contribution in [0.15, 0.2) is 36.4 Å². The third kappa shape index (κ3) is 4.27. The molecular weight excluding hydrogens is 479 g/mol. The summed E-state index contributed by atoms with van der Waals surface area (Å²) in [6, 6.07) is 9.26. The highest BCUT2D eigenvalue weighted by atomic mass is 35.5. The minimum Gasteiger partial charge on any atom is -0.484 e. The molecule has 2 bridgehead atoms. The Morgan fingerprint density at radius 3 is 2.60 bits per heavy atom. The molecule has 2 aromatic carbocycles. The molecule has 8 nitrogen and oxygen atoms in total. The predicted octanol–water partition coefficient (Wildman–Crippen LogP) is 3.04. The third-order valence-corrected chi connectivity index (χ3v) is 7.95. The van der Waals surface area contributed by atoms with Gasteiger partial charge >= 0.3 is 0 Å². The van der Waals surface area contributed by atoms with E-state index in [-0.39, 0.29) is 30.1 Å². The van der Waals surface area contributed by atoms with Gasteiger partial charge < -0.3 is 30.4 Å². The minimum absolute atomic E-state index is 0.0300. The summed E-state index contributed by atoms with van der Waals surface area (Å²) in [7, 11) is 0. The average molecular weight is 505 g/mol. The maximum Gasteiger partial charge on any atom is 0.258 e. The summed E-state index contributed by atoms with van der Waals surface area (Å²) in [6.45, 7) is -0.183. The van der Waals surface area contributed by atoms with Crippen LogP contribution in [0.5, 0.6) is 17.2 Å². The number of amides is 2. The van der Waals surface area contributed by atoms with Crippen molar-refractivity contribution in [1.29, 1.82) is 0 Å². The van der Waals surface area contributed by atoms with Crippen molar-refractivity contribution in [2.75, 3.05) is 13.4 Å². The lowest BCUT2D eigenvalue weighted by Crippen LogP contribution is -2.64. The van der Waals surface area contributed by atoms with Crippen LogP contribution in [-0.4, -0.2) is 42.0 Å². The number of hydrogen-bond acceptors (Lipinski definition) is 6. The molecule has 0 radical (unpaired) electrons. The molecule has 4 N–H and O–H groups in total. The Morgan fingerprint density at radius 1 is 1.17 bits per heavy atom. The van der Waals surface area contributed by atoms with Gasteiger partial charge in [0.2, 0.25) is 12.7 Å². The molecule has 2 aromatic rings. The number of primary amides is 1. The molecule has 2 amide bonds. The second-order valence-electron chi connectivity index (χ2n) is 9.59. The van der Waals surface area contributed by atoms with Crippen molar-refractivity contribution in [3.05, 3.63) is 52.8 Å². The van der Waals surface area contributed by atoms with E-state index in [2.05, 4.69) is 5.32 Å². The van der Waals surface area contributed by atoms with Gasteiger partial charge in [0.1, 0.15) is 11.6 Å². The lowest BCUT2D eigenvalue weighted by Gasteiger charge is -2.58. The molecule has 2 atom stereocenters. The van der Waals surface area contributed by atoms with Gasteiger partial charge in [0.15, 0.2) is 18.1 Å². The van der Waals surface area contributed by atoms with Crippen molar-refractivity contribution < 1.29 is 33.3 Å². The van der Waals surface area contributed by atoms with E-state index in [1.54, 1.807) is 18.2 Å². The van der Waals surface area contributed by atoms with Crippen LogP contribution in [0.4, 0.5) is 4.39 Å². The van der Waals surface area contributed by atoms with Crippen LogP contribution in [0.3, 0.4) is 0 Å². The van der Waals surface area contributed by atoms with Crippen LogP contribution in [0.25, 0.3) is 0 Å². The van der Waals surface area contributed by atoms with Crippen LogP contribution in [0.2, 0.25) is 5.02 Å². The molecule has 6 rings (SSSR count). The topological polar surface area (TPSA) is 120 Å². The average Bonchev–Trinajstić information content (AvgIpc) is 3.29. The first-order valence-corrected chi connectivity index (χ1v) is 11.8. The maximum atomic E-state index is 13.6. The van der Waals surface area contributed by atoms with Gasteiger partial charge in [-0.25, -0.2) is 4.39 Å². The summed E-state index contributed by atoms with van der Waals surface area (Å²) in [5, 5.41) is 14.2. The van der Waals surface area contributed by atoms with Crippen LogP contribution in [0.1, 0.15) is 43.6 Å². The fourth-order valence-corrected chi connectivity index (χ4v) is 6.00. The molecule has 4 aliphatic rings. The SMILES string of the molecule is NC(=O)C(c1ccc2c(c1)OCO2)C12CCC(NC(=O)COc3ccc(Cl)c(F)c3)(CC1)CC2O. The number of fused-ring (bicyclic) bond motifs is 4. The first-order valence-electron chi connectivity index (χ1n) is 11.5. The summed E-state index contributed by atoms with van der Waals surface area (Å²) in [5.41, 5.74) is 5.21. The second-order valence-corrected chi connectivity index (χ2v) is 10.0. The van der Waals surface area contributed by atoms with Crippen molar-refractivity contribution in [3.63, 3.8) is 0 Å². The fraction of sp³-hybridized carbons (Fsp3) is 0.440. The molecule has 0 saturated heterocycles. The number of aliphatic hydroxyl groups excluding tert-OH is 1. The standard InChI is InChI=1S/C25H26ClFN2O6/c26-16-3-2-15(10-17(16)27)33-12-21(31)29-24-5-7-25(8-6-24,20(30)11-24)22(23(28)32)14-1-4-18-19(9-14)35-13-34-18/h1-4,9-10,20,22,30H,5-8,11-13H2,(H2,28,32)(H,29,31). The number of aliphatic hydroxyl groups is 1. The summed E-state index contributed by atoms with van der Waals surface area (Å²) in [5.74, 6) is -0.869. The molecule has 186 valence electrons. The van der Waals surface area contributed by atoms with Gasteiger partial charge in [0, 0.05) is 17.0 Å². The zero-order valence-corrected chi connectivity index (χ0v) is 19.6. The zero-order valence-electron chi connectivity index (χ0n) is 18.9. The lowest BCUT2D eigenvalue weighted by molar-refractivity contribution is -0.145. The van der Waals surface area contributed by atoms with Crippen molar-refractivity contribution in [1.82, 2.24) is 5.32 Å². The minimum atomic E-state index is -0.848. The van der Waals surface area contributed by atoms with E-state index in [4.69, 9.17) is 31.5 Å². The number of carbonyl (C=O) groups excluding carboxylic acids is 2. The molecule has 0 spiro atoms. The van der Waals surface area contributed by atoms with Crippen molar-refractivity contribution in [2.45, 2.75) is 49.7 Å².